The van der Waals surface area contributed by atoms with Gasteiger partial charge in [-0.15, -0.1) is 10.2 Å². The molecule has 0 N–H and O–H groups in total. The molecule has 0 saturated carbocycles. The Balaban J connectivity index is 1.54. The summed E-state index contributed by atoms with van der Waals surface area (Å²) in [6.45, 7) is 1.14. The van der Waals surface area contributed by atoms with Crippen molar-refractivity contribution >= 4 is 12.2 Å². The van der Waals surface area contributed by atoms with Crippen molar-refractivity contribution < 1.29 is 13.9 Å². The highest BCUT2D eigenvalue weighted by Crippen LogP contribution is 2.31. The predicted molar refractivity (Wildman–Crippen MR) is 81.7 cm³/mol. The van der Waals surface area contributed by atoms with E-state index in [9.17, 15) is 0 Å². The van der Waals surface area contributed by atoms with Gasteiger partial charge in [-0.3, -0.25) is 4.98 Å². The van der Waals surface area contributed by atoms with E-state index < -0.39 is 0 Å². The van der Waals surface area contributed by atoms with Crippen LogP contribution < -0.4 is 9.47 Å². The molecule has 0 unspecified atom stereocenters. The second-order valence-corrected chi connectivity index (χ2v) is 4.77. The van der Waals surface area contributed by atoms with E-state index in [1.54, 1.807) is 24.7 Å². The molecule has 0 amide bonds. The smallest absolute Gasteiger partial charge is 0.268 e. The average molecular weight is 308 g/mol. The van der Waals surface area contributed by atoms with Crippen molar-refractivity contribution in [3.05, 3.63) is 48.2 Å². The molecule has 0 saturated heterocycles. The van der Waals surface area contributed by atoms with Gasteiger partial charge in [0, 0.05) is 18.5 Å². The van der Waals surface area contributed by atoms with E-state index in [4.69, 9.17) is 13.9 Å². The maximum atomic E-state index is 5.55. The van der Waals surface area contributed by atoms with Crippen LogP contribution in [0.25, 0.3) is 23.7 Å². The predicted octanol–water partition coefficient (Wildman–Crippen LogP) is 2.47. The van der Waals surface area contributed by atoms with E-state index in [2.05, 4.69) is 20.2 Å². The lowest BCUT2D eigenvalue weighted by atomic mass is 10.2. The highest BCUT2D eigenvalue weighted by atomic mass is 16.6. The second-order valence-electron chi connectivity index (χ2n) is 4.77. The van der Waals surface area contributed by atoms with Crippen molar-refractivity contribution in [2.75, 3.05) is 13.2 Å². The van der Waals surface area contributed by atoms with Crippen molar-refractivity contribution in [3.8, 4) is 23.1 Å². The van der Waals surface area contributed by atoms with Crippen LogP contribution in [-0.4, -0.2) is 33.4 Å². The van der Waals surface area contributed by atoms with Gasteiger partial charge >= 0.3 is 0 Å². The van der Waals surface area contributed by atoms with E-state index in [0.717, 1.165) is 17.1 Å². The zero-order valence-electron chi connectivity index (χ0n) is 12.0. The molecule has 1 aromatic carbocycles. The van der Waals surface area contributed by atoms with Crippen LogP contribution in [0.5, 0.6) is 11.5 Å². The zero-order chi connectivity index (χ0) is 15.5. The molecule has 7 nitrogen and oxygen atoms in total. The Bertz CT molecular complexity index is 846. The van der Waals surface area contributed by atoms with E-state index in [0.29, 0.717) is 30.7 Å². The van der Waals surface area contributed by atoms with Gasteiger partial charge in [0.1, 0.15) is 18.9 Å². The SMILES string of the molecule is C(=Cc1nnc(-c2cnccn2)o1)c1ccc2c(c1)OCCO2. The highest BCUT2D eigenvalue weighted by molar-refractivity contribution is 5.68. The zero-order valence-corrected chi connectivity index (χ0v) is 12.0. The normalized spacial score (nSPS) is 13.4. The van der Waals surface area contributed by atoms with Crippen LogP contribution in [0.1, 0.15) is 11.5 Å². The second kappa shape index (κ2) is 5.88. The number of rotatable bonds is 3. The Morgan fingerprint density at radius 2 is 1.87 bits per heavy atom. The summed E-state index contributed by atoms with van der Waals surface area (Å²) in [5.74, 6) is 2.22. The molecule has 0 radical (unpaired) electrons. The first-order valence-electron chi connectivity index (χ1n) is 7.06. The van der Waals surface area contributed by atoms with Gasteiger partial charge in [0.25, 0.3) is 5.89 Å². The third kappa shape index (κ3) is 2.89. The van der Waals surface area contributed by atoms with Crippen LogP contribution in [0.3, 0.4) is 0 Å². The summed E-state index contributed by atoms with van der Waals surface area (Å²) in [6, 6.07) is 5.72. The van der Waals surface area contributed by atoms with Gasteiger partial charge in [-0.25, -0.2) is 4.98 Å². The Morgan fingerprint density at radius 3 is 2.74 bits per heavy atom. The Hall–Kier alpha value is -3.22. The van der Waals surface area contributed by atoms with Crippen molar-refractivity contribution in [2.45, 2.75) is 0 Å². The van der Waals surface area contributed by atoms with Gasteiger partial charge in [-0.2, -0.15) is 0 Å². The number of nitrogens with zero attached hydrogens (tertiary/aromatic N) is 4. The van der Waals surface area contributed by atoms with E-state index >= 15 is 0 Å². The summed E-state index contributed by atoms with van der Waals surface area (Å²) in [5.41, 5.74) is 1.49. The van der Waals surface area contributed by atoms with Crippen LogP contribution in [0.4, 0.5) is 0 Å². The molecule has 23 heavy (non-hydrogen) atoms. The minimum Gasteiger partial charge on any atom is -0.486 e. The van der Waals surface area contributed by atoms with Gasteiger partial charge in [-0.05, 0) is 23.8 Å². The fourth-order valence-corrected chi connectivity index (χ4v) is 2.15. The molecule has 0 fully saturated rings. The molecule has 1 aliphatic rings. The molecule has 3 heterocycles. The summed E-state index contributed by atoms with van der Waals surface area (Å²) < 4.78 is 16.6. The topological polar surface area (TPSA) is 83.2 Å². The maximum absolute atomic E-state index is 5.55. The summed E-state index contributed by atoms with van der Waals surface area (Å²) >= 11 is 0. The van der Waals surface area contributed by atoms with E-state index in [1.165, 1.54) is 0 Å². The molecule has 0 spiro atoms. The third-order valence-electron chi connectivity index (χ3n) is 3.21. The summed E-state index contributed by atoms with van der Waals surface area (Å²) in [7, 11) is 0. The largest absolute Gasteiger partial charge is 0.486 e. The van der Waals surface area contributed by atoms with Crippen LogP contribution in [0.15, 0.2) is 41.2 Å². The third-order valence-corrected chi connectivity index (χ3v) is 3.21. The lowest BCUT2D eigenvalue weighted by Crippen LogP contribution is -2.15. The summed E-state index contributed by atoms with van der Waals surface area (Å²) in [5, 5.41) is 7.92. The minimum absolute atomic E-state index is 0.333. The molecular formula is C16H12N4O3. The van der Waals surface area contributed by atoms with E-state index in [-0.39, 0.29) is 0 Å². The lowest BCUT2D eigenvalue weighted by Gasteiger charge is -2.18. The summed E-state index contributed by atoms with van der Waals surface area (Å²) in [6.07, 6.45) is 8.33. The van der Waals surface area contributed by atoms with Crippen LogP contribution in [0.2, 0.25) is 0 Å². The fourth-order valence-electron chi connectivity index (χ4n) is 2.15. The Labute approximate surface area is 131 Å². The van der Waals surface area contributed by atoms with Crippen LogP contribution in [-0.2, 0) is 0 Å². The quantitative estimate of drug-likeness (QED) is 0.735. The maximum Gasteiger partial charge on any atom is 0.268 e. The number of hydrogen-bond donors (Lipinski definition) is 0. The van der Waals surface area contributed by atoms with Crippen molar-refractivity contribution in [1.82, 2.24) is 20.2 Å². The standard InChI is InChI=1S/C16H12N4O3/c1-3-13-14(22-8-7-21-13)9-11(1)2-4-15-19-20-16(23-15)12-10-17-5-6-18-12/h1-6,9-10H,7-8H2. The minimum atomic E-state index is 0.333. The van der Waals surface area contributed by atoms with Gasteiger partial charge < -0.3 is 13.9 Å². The molecule has 114 valence electrons. The van der Waals surface area contributed by atoms with Crippen molar-refractivity contribution in [1.29, 1.82) is 0 Å². The number of fused-ring (bicyclic) bond motifs is 1. The van der Waals surface area contributed by atoms with Crippen molar-refractivity contribution in [3.63, 3.8) is 0 Å². The highest BCUT2D eigenvalue weighted by Gasteiger charge is 2.11. The molecular weight excluding hydrogens is 296 g/mol. The lowest BCUT2D eigenvalue weighted by molar-refractivity contribution is 0.171. The van der Waals surface area contributed by atoms with Gasteiger partial charge in [-0.1, -0.05) is 6.07 Å². The fraction of sp³-hybridized carbons (Fsp3) is 0.125. The summed E-state index contributed by atoms with van der Waals surface area (Å²) in [4.78, 5) is 8.09. The number of ether oxygens (including phenoxy) is 2. The first-order valence-corrected chi connectivity index (χ1v) is 7.06. The molecule has 0 atom stereocenters. The molecule has 4 rings (SSSR count). The Kier molecular flexibility index (Phi) is 3.44. The van der Waals surface area contributed by atoms with Gasteiger partial charge in [0.05, 0.1) is 6.20 Å². The molecule has 0 bridgehead atoms. The molecule has 7 heteroatoms. The average Bonchev–Trinajstić information content (AvgIpc) is 3.10. The number of hydrogen-bond acceptors (Lipinski definition) is 7. The van der Waals surface area contributed by atoms with E-state index in [1.807, 2.05) is 24.3 Å². The van der Waals surface area contributed by atoms with Gasteiger partial charge in [0.2, 0.25) is 5.89 Å². The van der Waals surface area contributed by atoms with Crippen LogP contribution in [0, 0.1) is 0 Å². The van der Waals surface area contributed by atoms with Gasteiger partial charge in [0.15, 0.2) is 11.5 Å². The first kappa shape index (κ1) is 13.4. The molecule has 0 aliphatic carbocycles. The number of aromatic nitrogens is 4. The van der Waals surface area contributed by atoms with Crippen LogP contribution >= 0.6 is 0 Å². The molecule has 1 aliphatic heterocycles. The Morgan fingerprint density at radius 1 is 0.957 bits per heavy atom. The number of benzene rings is 1. The molecule has 3 aromatic rings. The monoisotopic (exact) mass is 308 g/mol. The van der Waals surface area contributed by atoms with Crippen molar-refractivity contribution in [2.24, 2.45) is 0 Å². The molecule has 2 aromatic heterocycles. The first-order chi connectivity index (χ1) is 11.4.